The molecule has 0 radical (unpaired) electrons. The van der Waals surface area contributed by atoms with Crippen molar-refractivity contribution in [3.8, 4) is 11.8 Å². The van der Waals surface area contributed by atoms with Gasteiger partial charge in [-0.15, -0.1) is 11.3 Å². The molecule has 0 bridgehead atoms. The Morgan fingerprint density at radius 3 is 2.62 bits per heavy atom. The number of amides is 1. The first kappa shape index (κ1) is 18.9. The number of hydrogen-bond donors (Lipinski definition) is 0. The zero-order chi connectivity index (χ0) is 20.1. The zero-order valence-electron chi connectivity index (χ0n) is 15.7. The summed E-state index contributed by atoms with van der Waals surface area (Å²) in [7, 11) is 0. The van der Waals surface area contributed by atoms with Crippen molar-refractivity contribution in [3.63, 3.8) is 0 Å². The van der Waals surface area contributed by atoms with Crippen LogP contribution < -0.4 is 9.64 Å². The first-order valence-corrected chi connectivity index (χ1v) is 10.2. The Kier molecular flexibility index (Phi) is 5.68. The quantitative estimate of drug-likeness (QED) is 0.649. The number of ether oxygens (including phenoxy) is 1. The van der Waals surface area contributed by atoms with E-state index in [0.717, 1.165) is 5.69 Å². The highest BCUT2D eigenvalue weighted by Gasteiger charge is 2.24. The molecule has 0 aliphatic carbocycles. The van der Waals surface area contributed by atoms with Crippen molar-refractivity contribution in [2.45, 2.75) is 6.61 Å². The molecule has 8 heteroatoms. The molecular weight excluding hydrogens is 386 g/mol. The summed E-state index contributed by atoms with van der Waals surface area (Å²) in [4.78, 5) is 25.2. The second-order valence-corrected chi connectivity index (χ2v) is 7.28. The topological polar surface area (TPSA) is 82.4 Å². The van der Waals surface area contributed by atoms with Crippen LogP contribution in [-0.2, 0) is 6.61 Å². The third-order valence-corrected chi connectivity index (χ3v) is 5.38. The number of carbonyl (C=O) groups is 1. The molecule has 1 fully saturated rings. The van der Waals surface area contributed by atoms with E-state index in [1.165, 1.54) is 11.3 Å². The number of pyridine rings is 1. The van der Waals surface area contributed by atoms with Crippen LogP contribution in [0.3, 0.4) is 0 Å². The average Bonchev–Trinajstić information content (AvgIpc) is 3.31. The molecule has 1 amide bonds. The Balaban J connectivity index is 1.34. The van der Waals surface area contributed by atoms with Gasteiger partial charge in [0.1, 0.15) is 24.2 Å². The summed E-state index contributed by atoms with van der Waals surface area (Å²) in [5.74, 6) is 1.39. The number of rotatable bonds is 5. The monoisotopic (exact) mass is 405 g/mol. The summed E-state index contributed by atoms with van der Waals surface area (Å²) in [5.41, 5.74) is 3.85. The van der Waals surface area contributed by atoms with Gasteiger partial charge in [-0.2, -0.15) is 5.26 Å². The fourth-order valence-corrected chi connectivity index (χ4v) is 3.74. The summed E-state index contributed by atoms with van der Waals surface area (Å²) in [5, 5.41) is 11.2. The van der Waals surface area contributed by atoms with E-state index in [9.17, 15) is 10.1 Å². The van der Waals surface area contributed by atoms with Gasteiger partial charge in [0.25, 0.3) is 5.91 Å². The predicted molar refractivity (Wildman–Crippen MR) is 110 cm³/mol. The molecule has 0 spiro atoms. The predicted octanol–water partition coefficient (Wildman–Crippen LogP) is 2.95. The van der Waals surface area contributed by atoms with Crippen LogP contribution in [0.25, 0.3) is 0 Å². The van der Waals surface area contributed by atoms with Crippen molar-refractivity contribution in [2.24, 2.45) is 0 Å². The molecule has 29 heavy (non-hydrogen) atoms. The van der Waals surface area contributed by atoms with Crippen LogP contribution in [0.15, 0.2) is 53.5 Å². The van der Waals surface area contributed by atoms with Crippen molar-refractivity contribution < 1.29 is 9.53 Å². The van der Waals surface area contributed by atoms with Crippen LogP contribution in [0.5, 0.6) is 5.75 Å². The van der Waals surface area contributed by atoms with E-state index < -0.39 is 0 Å². The van der Waals surface area contributed by atoms with Crippen molar-refractivity contribution in [3.05, 3.63) is 70.3 Å². The van der Waals surface area contributed by atoms with Crippen molar-refractivity contribution in [2.75, 3.05) is 31.1 Å². The van der Waals surface area contributed by atoms with E-state index in [-0.39, 0.29) is 5.91 Å². The lowest BCUT2D eigenvalue weighted by Crippen LogP contribution is -2.49. The second-order valence-electron chi connectivity index (χ2n) is 6.56. The standard InChI is InChI=1S/C21H19N5O2S/c22-12-17-2-1-7-23-20(17)25-8-10-26(11-9-25)21(27)16-3-5-19(6-4-16)28-13-18-14-29-15-24-18/h1-7,14-15H,8-11,13H2. The van der Waals surface area contributed by atoms with Crippen LogP contribution in [0.2, 0.25) is 0 Å². The van der Waals surface area contributed by atoms with Gasteiger partial charge in [-0.3, -0.25) is 4.79 Å². The fraction of sp³-hybridized carbons (Fsp3) is 0.238. The maximum absolute atomic E-state index is 12.8. The Morgan fingerprint density at radius 2 is 1.93 bits per heavy atom. The van der Waals surface area contributed by atoms with Crippen LogP contribution >= 0.6 is 11.3 Å². The summed E-state index contributed by atoms with van der Waals surface area (Å²) in [6.07, 6.45) is 1.69. The molecule has 1 saturated heterocycles. The van der Waals surface area contributed by atoms with Crippen LogP contribution in [0.1, 0.15) is 21.6 Å². The van der Waals surface area contributed by atoms with Crippen molar-refractivity contribution in [1.82, 2.24) is 14.9 Å². The zero-order valence-corrected chi connectivity index (χ0v) is 16.5. The van der Waals surface area contributed by atoms with Crippen molar-refractivity contribution >= 4 is 23.1 Å². The number of nitriles is 1. The Hall–Kier alpha value is -3.44. The highest BCUT2D eigenvalue weighted by molar-refractivity contribution is 7.07. The smallest absolute Gasteiger partial charge is 0.253 e. The lowest BCUT2D eigenvalue weighted by atomic mass is 10.1. The number of benzene rings is 1. The molecule has 1 aliphatic heterocycles. The number of hydrogen-bond acceptors (Lipinski definition) is 7. The van der Waals surface area contributed by atoms with Gasteiger partial charge >= 0.3 is 0 Å². The van der Waals surface area contributed by atoms with E-state index in [1.54, 1.807) is 36.0 Å². The van der Waals surface area contributed by atoms with Gasteiger partial charge in [0.15, 0.2) is 0 Å². The SMILES string of the molecule is N#Cc1cccnc1N1CCN(C(=O)c2ccc(OCc3cscn3)cc2)CC1. The molecule has 4 rings (SSSR count). The number of thiazole rings is 1. The summed E-state index contributed by atoms with van der Waals surface area (Å²) < 4.78 is 5.69. The van der Waals surface area contributed by atoms with Gasteiger partial charge in [0.05, 0.1) is 16.8 Å². The van der Waals surface area contributed by atoms with E-state index in [2.05, 4.69) is 20.9 Å². The lowest BCUT2D eigenvalue weighted by Gasteiger charge is -2.35. The molecular formula is C21H19N5O2S. The van der Waals surface area contributed by atoms with Crippen LogP contribution in [-0.4, -0.2) is 47.0 Å². The number of aromatic nitrogens is 2. The molecule has 1 aromatic carbocycles. The molecule has 7 nitrogen and oxygen atoms in total. The average molecular weight is 405 g/mol. The highest BCUT2D eigenvalue weighted by Crippen LogP contribution is 2.20. The number of nitrogens with zero attached hydrogens (tertiary/aromatic N) is 5. The maximum Gasteiger partial charge on any atom is 0.253 e. The van der Waals surface area contributed by atoms with Crippen LogP contribution in [0.4, 0.5) is 5.82 Å². The first-order chi connectivity index (χ1) is 14.2. The highest BCUT2D eigenvalue weighted by atomic mass is 32.1. The van der Waals surface area contributed by atoms with E-state index in [4.69, 9.17) is 4.74 Å². The Morgan fingerprint density at radius 1 is 1.14 bits per heavy atom. The number of anilines is 1. The summed E-state index contributed by atoms with van der Waals surface area (Å²) in [6, 6.07) is 12.9. The van der Waals surface area contributed by atoms with E-state index >= 15 is 0 Å². The molecule has 146 valence electrons. The van der Waals surface area contributed by atoms with Crippen LogP contribution in [0, 0.1) is 11.3 Å². The fourth-order valence-electron chi connectivity index (χ4n) is 3.20. The second kappa shape index (κ2) is 8.71. The largest absolute Gasteiger partial charge is 0.487 e. The minimum atomic E-state index is -0.00257. The molecule has 0 atom stereocenters. The van der Waals surface area contributed by atoms with Gasteiger partial charge < -0.3 is 14.5 Å². The maximum atomic E-state index is 12.8. The van der Waals surface area contributed by atoms with E-state index in [0.29, 0.717) is 55.5 Å². The molecule has 0 unspecified atom stereocenters. The summed E-state index contributed by atoms with van der Waals surface area (Å²) >= 11 is 1.53. The van der Waals surface area contributed by atoms with Crippen molar-refractivity contribution in [1.29, 1.82) is 5.26 Å². The Labute approximate surface area is 172 Å². The minimum absolute atomic E-state index is 0.00257. The van der Waals surface area contributed by atoms with Gasteiger partial charge in [-0.25, -0.2) is 9.97 Å². The van der Waals surface area contributed by atoms with Gasteiger partial charge in [-0.1, -0.05) is 0 Å². The molecule has 3 aromatic rings. The third-order valence-electron chi connectivity index (χ3n) is 4.75. The van der Waals surface area contributed by atoms with Gasteiger partial charge in [-0.05, 0) is 36.4 Å². The number of carbonyl (C=O) groups excluding carboxylic acids is 1. The van der Waals surface area contributed by atoms with Gasteiger partial charge in [0.2, 0.25) is 0 Å². The molecule has 0 saturated carbocycles. The normalized spacial score (nSPS) is 13.8. The molecule has 0 N–H and O–H groups in total. The molecule has 2 aromatic heterocycles. The molecule has 1 aliphatic rings. The number of piperazine rings is 1. The van der Waals surface area contributed by atoms with E-state index in [1.807, 2.05) is 22.4 Å². The van der Waals surface area contributed by atoms with Gasteiger partial charge in [0, 0.05) is 43.3 Å². The third kappa shape index (κ3) is 4.36. The summed E-state index contributed by atoms with van der Waals surface area (Å²) in [6.45, 7) is 2.88. The molecule has 3 heterocycles. The Bertz CT molecular complexity index is 1010. The lowest BCUT2D eigenvalue weighted by molar-refractivity contribution is 0.0746. The minimum Gasteiger partial charge on any atom is -0.487 e. The first-order valence-electron chi connectivity index (χ1n) is 9.24.